The van der Waals surface area contributed by atoms with Gasteiger partial charge >= 0.3 is 5.97 Å². The third kappa shape index (κ3) is 1.84. The molecular weight excluding hydrogens is 204 g/mol. The minimum Gasteiger partial charge on any atom is -0.478 e. The lowest BCUT2D eigenvalue weighted by Crippen LogP contribution is -2.04. The standard InChI is InChI=1S/C8H4F4O2/c9-5-2-4(8(13)14)6(10)1-3(5)7(11)12/h1-2,7H,(H,13,14). The Morgan fingerprint density at radius 1 is 1.21 bits per heavy atom. The summed E-state index contributed by atoms with van der Waals surface area (Å²) in [6.45, 7) is 0. The van der Waals surface area contributed by atoms with E-state index in [1.54, 1.807) is 0 Å². The van der Waals surface area contributed by atoms with Crippen molar-refractivity contribution in [3.63, 3.8) is 0 Å². The maximum absolute atomic E-state index is 12.8. The largest absolute Gasteiger partial charge is 0.478 e. The summed E-state index contributed by atoms with van der Waals surface area (Å²) in [6, 6.07) is 0.419. The van der Waals surface area contributed by atoms with Crippen LogP contribution in [0.1, 0.15) is 22.3 Å². The van der Waals surface area contributed by atoms with E-state index in [4.69, 9.17) is 5.11 Å². The zero-order chi connectivity index (χ0) is 10.9. The first kappa shape index (κ1) is 10.5. The number of carbonyl (C=O) groups is 1. The Bertz CT molecular complexity index is 376. The number of rotatable bonds is 2. The van der Waals surface area contributed by atoms with Crippen molar-refractivity contribution in [2.24, 2.45) is 0 Å². The molecule has 76 valence electrons. The van der Waals surface area contributed by atoms with E-state index < -0.39 is 35.2 Å². The molecule has 14 heavy (non-hydrogen) atoms. The Hall–Kier alpha value is -1.59. The van der Waals surface area contributed by atoms with Crippen LogP contribution in [0.4, 0.5) is 17.6 Å². The molecule has 0 aromatic heterocycles. The van der Waals surface area contributed by atoms with Gasteiger partial charge in [-0.05, 0) is 12.1 Å². The van der Waals surface area contributed by atoms with Crippen molar-refractivity contribution in [1.29, 1.82) is 0 Å². The van der Waals surface area contributed by atoms with Crippen molar-refractivity contribution < 1.29 is 27.5 Å². The number of aromatic carboxylic acids is 1. The van der Waals surface area contributed by atoms with Crippen LogP contribution in [0.25, 0.3) is 0 Å². The highest BCUT2D eigenvalue weighted by atomic mass is 19.3. The molecule has 0 saturated carbocycles. The fraction of sp³-hybridized carbons (Fsp3) is 0.125. The van der Waals surface area contributed by atoms with Gasteiger partial charge in [0.15, 0.2) is 0 Å². The predicted octanol–water partition coefficient (Wildman–Crippen LogP) is 2.60. The van der Waals surface area contributed by atoms with Crippen molar-refractivity contribution in [2.45, 2.75) is 6.43 Å². The Balaban J connectivity index is 3.31. The van der Waals surface area contributed by atoms with Crippen molar-refractivity contribution >= 4 is 5.97 Å². The molecule has 0 aliphatic carbocycles. The second-order valence-electron chi connectivity index (χ2n) is 2.46. The minimum atomic E-state index is -3.17. The van der Waals surface area contributed by atoms with E-state index >= 15 is 0 Å². The average Bonchev–Trinajstić information content (AvgIpc) is 2.07. The fourth-order valence-corrected chi connectivity index (χ4v) is 0.893. The molecule has 1 rings (SSSR count). The number of halogens is 4. The first-order valence-corrected chi connectivity index (χ1v) is 3.44. The van der Waals surface area contributed by atoms with Crippen LogP contribution in [-0.2, 0) is 0 Å². The summed E-state index contributed by atoms with van der Waals surface area (Å²) in [5.41, 5.74) is -2.11. The molecule has 0 bridgehead atoms. The van der Waals surface area contributed by atoms with Crippen LogP contribution in [0.2, 0.25) is 0 Å². The monoisotopic (exact) mass is 208 g/mol. The van der Waals surface area contributed by atoms with Crippen LogP contribution in [0.3, 0.4) is 0 Å². The van der Waals surface area contributed by atoms with Gasteiger partial charge in [0.1, 0.15) is 11.6 Å². The third-order valence-corrected chi connectivity index (χ3v) is 1.55. The number of carboxylic acid groups (broad SMARTS) is 1. The smallest absolute Gasteiger partial charge is 0.338 e. The number of hydrogen-bond donors (Lipinski definition) is 1. The van der Waals surface area contributed by atoms with Crippen LogP contribution in [0.15, 0.2) is 12.1 Å². The zero-order valence-corrected chi connectivity index (χ0v) is 6.60. The van der Waals surface area contributed by atoms with Crippen molar-refractivity contribution in [3.8, 4) is 0 Å². The van der Waals surface area contributed by atoms with Gasteiger partial charge in [0.2, 0.25) is 0 Å². The molecule has 0 spiro atoms. The van der Waals surface area contributed by atoms with Crippen LogP contribution in [0, 0.1) is 11.6 Å². The van der Waals surface area contributed by atoms with Crippen LogP contribution >= 0.6 is 0 Å². The van der Waals surface area contributed by atoms with E-state index in [-0.39, 0.29) is 12.1 Å². The van der Waals surface area contributed by atoms with E-state index in [0.717, 1.165) is 0 Å². The van der Waals surface area contributed by atoms with E-state index in [1.165, 1.54) is 0 Å². The molecule has 0 aliphatic heterocycles. The summed E-state index contributed by atoms with van der Waals surface area (Å²) in [5.74, 6) is -4.52. The van der Waals surface area contributed by atoms with Gasteiger partial charge in [0, 0.05) is 0 Å². The fourth-order valence-electron chi connectivity index (χ4n) is 0.893. The first-order valence-electron chi connectivity index (χ1n) is 3.44. The summed E-state index contributed by atoms with van der Waals surface area (Å²) in [6.07, 6.45) is -3.17. The molecule has 0 heterocycles. The van der Waals surface area contributed by atoms with Crippen LogP contribution < -0.4 is 0 Å². The molecule has 0 saturated heterocycles. The lowest BCUT2D eigenvalue weighted by Gasteiger charge is -2.03. The average molecular weight is 208 g/mol. The highest BCUT2D eigenvalue weighted by Gasteiger charge is 2.19. The molecular formula is C8H4F4O2. The summed E-state index contributed by atoms with van der Waals surface area (Å²) < 4.78 is 49.5. The van der Waals surface area contributed by atoms with Crippen molar-refractivity contribution in [2.75, 3.05) is 0 Å². The lowest BCUT2D eigenvalue weighted by atomic mass is 10.1. The van der Waals surface area contributed by atoms with Crippen LogP contribution in [0.5, 0.6) is 0 Å². The molecule has 1 N–H and O–H groups in total. The van der Waals surface area contributed by atoms with Gasteiger partial charge in [-0.3, -0.25) is 0 Å². The normalized spacial score (nSPS) is 10.6. The number of hydrogen-bond acceptors (Lipinski definition) is 1. The molecule has 1 aromatic carbocycles. The van der Waals surface area contributed by atoms with Gasteiger partial charge in [-0.15, -0.1) is 0 Å². The molecule has 2 nitrogen and oxygen atoms in total. The lowest BCUT2D eigenvalue weighted by molar-refractivity contribution is 0.0690. The molecule has 0 unspecified atom stereocenters. The Morgan fingerprint density at radius 2 is 1.79 bits per heavy atom. The molecule has 0 atom stereocenters. The summed E-state index contributed by atoms with van der Waals surface area (Å²) in [7, 11) is 0. The molecule has 1 aromatic rings. The topological polar surface area (TPSA) is 37.3 Å². The van der Waals surface area contributed by atoms with E-state index in [0.29, 0.717) is 0 Å². The van der Waals surface area contributed by atoms with Gasteiger partial charge in [-0.1, -0.05) is 0 Å². The Kier molecular flexibility index (Phi) is 2.73. The van der Waals surface area contributed by atoms with Crippen molar-refractivity contribution in [3.05, 3.63) is 34.9 Å². The zero-order valence-electron chi connectivity index (χ0n) is 6.60. The van der Waals surface area contributed by atoms with E-state index in [2.05, 4.69) is 0 Å². The second kappa shape index (κ2) is 3.65. The van der Waals surface area contributed by atoms with Crippen LogP contribution in [-0.4, -0.2) is 11.1 Å². The second-order valence-corrected chi connectivity index (χ2v) is 2.46. The quantitative estimate of drug-likeness (QED) is 0.758. The summed E-state index contributed by atoms with van der Waals surface area (Å²) in [5, 5.41) is 8.33. The maximum Gasteiger partial charge on any atom is 0.338 e. The molecule has 0 aliphatic rings. The summed E-state index contributed by atoms with van der Waals surface area (Å²) in [4.78, 5) is 10.3. The van der Waals surface area contributed by atoms with Gasteiger partial charge in [0.05, 0.1) is 11.1 Å². The van der Waals surface area contributed by atoms with Gasteiger partial charge < -0.3 is 5.11 Å². The number of benzene rings is 1. The van der Waals surface area contributed by atoms with E-state index in [9.17, 15) is 22.4 Å². The number of alkyl halides is 2. The third-order valence-electron chi connectivity index (χ3n) is 1.55. The van der Waals surface area contributed by atoms with Gasteiger partial charge in [-0.25, -0.2) is 22.4 Å². The molecule has 0 amide bonds. The molecule has 6 heteroatoms. The first-order chi connectivity index (χ1) is 6.43. The van der Waals surface area contributed by atoms with Gasteiger partial charge in [-0.2, -0.15) is 0 Å². The number of carboxylic acids is 1. The minimum absolute atomic E-state index is 0.184. The Morgan fingerprint density at radius 3 is 2.21 bits per heavy atom. The molecule has 0 fully saturated rings. The maximum atomic E-state index is 12.8. The Labute approximate surface area is 75.8 Å². The predicted molar refractivity (Wildman–Crippen MR) is 38.3 cm³/mol. The highest BCUT2D eigenvalue weighted by Crippen LogP contribution is 2.24. The molecule has 0 radical (unpaired) electrons. The SMILES string of the molecule is O=C(O)c1cc(F)c(C(F)F)cc1F. The highest BCUT2D eigenvalue weighted by molar-refractivity contribution is 5.88. The van der Waals surface area contributed by atoms with Crippen molar-refractivity contribution in [1.82, 2.24) is 0 Å². The van der Waals surface area contributed by atoms with Gasteiger partial charge in [0.25, 0.3) is 6.43 Å². The van der Waals surface area contributed by atoms with E-state index in [1.807, 2.05) is 0 Å². The summed E-state index contributed by atoms with van der Waals surface area (Å²) >= 11 is 0.